The van der Waals surface area contributed by atoms with Gasteiger partial charge in [-0.25, -0.2) is 4.98 Å². The number of amides is 1. The molecule has 1 atom stereocenters. The number of carbonyl (C=O) groups excluding carboxylic acids is 1. The van der Waals surface area contributed by atoms with Crippen LogP contribution in [0.1, 0.15) is 30.3 Å². The molecule has 0 unspecified atom stereocenters. The van der Waals surface area contributed by atoms with Crippen molar-refractivity contribution in [2.45, 2.75) is 39.3 Å². The molecule has 1 saturated heterocycles. The summed E-state index contributed by atoms with van der Waals surface area (Å²) < 4.78 is 4.13. The van der Waals surface area contributed by atoms with E-state index < -0.39 is 0 Å². The predicted molar refractivity (Wildman–Crippen MR) is 96.3 cm³/mol. The summed E-state index contributed by atoms with van der Waals surface area (Å²) >= 11 is 0. The maximum absolute atomic E-state index is 12.6. The Kier molecular flexibility index (Phi) is 4.03. The minimum atomic E-state index is 0.210. The van der Waals surface area contributed by atoms with Gasteiger partial charge < -0.3 is 9.47 Å². The van der Waals surface area contributed by atoms with E-state index in [-0.39, 0.29) is 5.91 Å². The number of rotatable bonds is 4. The van der Waals surface area contributed by atoms with E-state index in [1.165, 1.54) is 5.69 Å². The largest absolute Gasteiger partial charge is 0.340 e. The minimum Gasteiger partial charge on any atom is -0.340 e. The van der Waals surface area contributed by atoms with Crippen molar-refractivity contribution in [3.05, 3.63) is 48.0 Å². The molecule has 0 spiro atoms. The third kappa shape index (κ3) is 3.04. The van der Waals surface area contributed by atoms with Gasteiger partial charge >= 0.3 is 0 Å². The standard InChI is InChI=1S/C19H23N5O/c1-14-11-15(2)24(21-14)16-7-9-22(12-16)19(25)8-10-23-13-20-17-5-3-4-6-18(17)23/h3-6,11,13,16H,7-10,12H2,1-2H3/t16-/m0/s1. The lowest BCUT2D eigenvalue weighted by molar-refractivity contribution is -0.130. The van der Waals surface area contributed by atoms with Crippen LogP contribution < -0.4 is 0 Å². The van der Waals surface area contributed by atoms with Gasteiger partial charge in [-0.15, -0.1) is 0 Å². The highest BCUT2D eigenvalue weighted by Gasteiger charge is 2.28. The summed E-state index contributed by atoms with van der Waals surface area (Å²) in [6.45, 7) is 6.32. The summed E-state index contributed by atoms with van der Waals surface area (Å²) in [6.07, 6.45) is 3.30. The Hall–Kier alpha value is -2.63. The van der Waals surface area contributed by atoms with Gasteiger partial charge in [0.25, 0.3) is 0 Å². The van der Waals surface area contributed by atoms with Crippen LogP contribution in [0.15, 0.2) is 36.7 Å². The van der Waals surface area contributed by atoms with E-state index in [2.05, 4.69) is 32.3 Å². The number of benzene rings is 1. The number of nitrogens with zero attached hydrogens (tertiary/aromatic N) is 5. The molecule has 130 valence electrons. The summed E-state index contributed by atoms with van der Waals surface area (Å²) in [7, 11) is 0. The normalized spacial score (nSPS) is 17.5. The zero-order valence-electron chi connectivity index (χ0n) is 14.7. The number of hydrogen-bond acceptors (Lipinski definition) is 3. The van der Waals surface area contributed by atoms with Gasteiger partial charge in [0.05, 0.1) is 29.1 Å². The van der Waals surface area contributed by atoms with Crippen LogP contribution in [0.4, 0.5) is 0 Å². The first-order valence-corrected chi connectivity index (χ1v) is 8.82. The number of aromatic nitrogens is 4. The van der Waals surface area contributed by atoms with E-state index in [9.17, 15) is 4.79 Å². The topological polar surface area (TPSA) is 56.0 Å². The Labute approximate surface area is 147 Å². The molecule has 4 rings (SSSR count). The molecule has 3 heterocycles. The van der Waals surface area contributed by atoms with Gasteiger partial charge in [0, 0.05) is 31.7 Å². The number of imidazole rings is 1. The van der Waals surface area contributed by atoms with E-state index in [0.29, 0.717) is 19.0 Å². The van der Waals surface area contributed by atoms with Crippen LogP contribution in [0.5, 0.6) is 0 Å². The minimum absolute atomic E-state index is 0.210. The fourth-order valence-corrected chi connectivity index (χ4v) is 3.75. The molecule has 25 heavy (non-hydrogen) atoms. The first-order valence-electron chi connectivity index (χ1n) is 8.82. The first kappa shape index (κ1) is 15.9. The second kappa shape index (κ2) is 6.35. The molecule has 6 heteroatoms. The average Bonchev–Trinajstić information content (AvgIpc) is 3.31. The highest BCUT2D eigenvalue weighted by Crippen LogP contribution is 2.23. The molecule has 1 aliphatic rings. The van der Waals surface area contributed by atoms with Gasteiger partial charge in [0.15, 0.2) is 0 Å². The second-order valence-corrected chi connectivity index (χ2v) is 6.83. The first-order chi connectivity index (χ1) is 12.1. The highest BCUT2D eigenvalue weighted by molar-refractivity contribution is 5.77. The Morgan fingerprint density at radius 1 is 1.28 bits per heavy atom. The molecule has 3 aromatic rings. The van der Waals surface area contributed by atoms with Crippen LogP contribution in [0.25, 0.3) is 11.0 Å². The number of likely N-dealkylation sites (tertiary alicyclic amines) is 1. The average molecular weight is 337 g/mol. The molecule has 1 aliphatic heterocycles. The lowest BCUT2D eigenvalue weighted by atomic mass is 10.2. The molecule has 0 radical (unpaired) electrons. The third-order valence-electron chi connectivity index (χ3n) is 5.00. The van der Waals surface area contributed by atoms with E-state index >= 15 is 0 Å². The van der Waals surface area contributed by atoms with Crippen molar-refractivity contribution in [2.24, 2.45) is 0 Å². The van der Waals surface area contributed by atoms with Crippen molar-refractivity contribution in [3.8, 4) is 0 Å². The van der Waals surface area contributed by atoms with Gasteiger partial charge in [-0.05, 0) is 38.5 Å². The van der Waals surface area contributed by atoms with Crippen molar-refractivity contribution in [3.63, 3.8) is 0 Å². The van der Waals surface area contributed by atoms with E-state index in [1.807, 2.05) is 42.4 Å². The summed E-state index contributed by atoms with van der Waals surface area (Å²) in [6, 6.07) is 10.4. The Bertz CT molecular complexity index is 910. The maximum Gasteiger partial charge on any atom is 0.224 e. The molecule has 1 aromatic carbocycles. The molecule has 1 amide bonds. The lowest BCUT2D eigenvalue weighted by Gasteiger charge is -2.17. The van der Waals surface area contributed by atoms with Crippen LogP contribution in [0.3, 0.4) is 0 Å². The van der Waals surface area contributed by atoms with E-state index in [1.54, 1.807) is 0 Å². The van der Waals surface area contributed by atoms with Crippen LogP contribution in [0, 0.1) is 13.8 Å². The molecule has 1 fully saturated rings. The van der Waals surface area contributed by atoms with Gasteiger partial charge in [-0.1, -0.05) is 12.1 Å². The van der Waals surface area contributed by atoms with Crippen LogP contribution in [-0.4, -0.2) is 43.2 Å². The van der Waals surface area contributed by atoms with Gasteiger partial charge in [-0.2, -0.15) is 5.10 Å². The molecular formula is C19H23N5O. The van der Waals surface area contributed by atoms with Crippen molar-refractivity contribution in [1.29, 1.82) is 0 Å². The van der Waals surface area contributed by atoms with E-state index in [0.717, 1.165) is 36.2 Å². The quantitative estimate of drug-likeness (QED) is 0.735. The van der Waals surface area contributed by atoms with Crippen LogP contribution >= 0.6 is 0 Å². The molecule has 0 N–H and O–H groups in total. The molecular weight excluding hydrogens is 314 g/mol. The number of para-hydroxylation sites is 2. The van der Waals surface area contributed by atoms with E-state index in [4.69, 9.17) is 0 Å². The summed E-state index contributed by atoms with van der Waals surface area (Å²) in [4.78, 5) is 19.0. The molecule has 0 aliphatic carbocycles. The van der Waals surface area contributed by atoms with Gasteiger partial charge in [0.1, 0.15) is 0 Å². The smallest absolute Gasteiger partial charge is 0.224 e. The highest BCUT2D eigenvalue weighted by atomic mass is 16.2. The number of carbonyl (C=O) groups is 1. The monoisotopic (exact) mass is 337 g/mol. The van der Waals surface area contributed by atoms with Crippen molar-refractivity contribution in [2.75, 3.05) is 13.1 Å². The van der Waals surface area contributed by atoms with Crippen molar-refractivity contribution in [1.82, 2.24) is 24.2 Å². The summed E-state index contributed by atoms with van der Waals surface area (Å²) in [5.74, 6) is 0.210. The fourth-order valence-electron chi connectivity index (χ4n) is 3.75. The Morgan fingerprint density at radius 2 is 2.12 bits per heavy atom. The molecule has 0 saturated carbocycles. The molecule has 6 nitrogen and oxygen atoms in total. The van der Waals surface area contributed by atoms with Crippen LogP contribution in [0.2, 0.25) is 0 Å². The molecule has 0 bridgehead atoms. The predicted octanol–water partition coefficient (Wildman–Crippen LogP) is 2.71. The summed E-state index contributed by atoms with van der Waals surface area (Å²) in [5.41, 5.74) is 4.26. The SMILES string of the molecule is Cc1cc(C)n([C@H]2CCN(C(=O)CCn3cnc4ccccc43)C2)n1. The number of fused-ring (bicyclic) bond motifs is 1. The fraction of sp³-hybridized carbons (Fsp3) is 0.421. The maximum atomic E-state index is 12.6. The zero-order chi connectivity index (χ0) is 17.4. The Balaban J connectivity index is 1.38. The third-order valence-corrected chi connectivity index (χ3v) is 5.00. The number of hydrogen-bond donors (Lipinski definition) is 0. The lowest BCUT2D eigenvalue weighted by Crippen LogP contribution is -2.30. The summed E-state index contributed by atoms with van der Waals surface area (Å²) in [5, 5.41) is 4.57. The van der Waals surface area contributed by atoms with Gasteiger partial charge in [0.2, 0.25) is 5.91 Å². The van der Waals surface area contributed by atoms with Gasteiger partial charge in [-0.3, -0.25) is 9.48 Å². The van der Waals surface area contributed by atoms with Crippen molar-refractivity contribution >= 4 is 16.9 Å². The Morgan fingerprint density at radius 3 is 2.92 bits per heavy atom. The number of aryl methyl sites for hydroxylation is 3. The van der Waals surface area contributed by atoms with Crippen molar-refractivity contribution < 1.29 is 4.79 Å². The zero-order valence-corrected chi connectivity index (χ0v) is 14.7. The molecule has 2 aromatic heterocycles. The van der Waals surface area contributed by atoms with Crippen LogP contribution in [-0.2, 0) is 11.3 Å². The second-order valence-electron chi connectivity index (χ2n) is 6.83.